The maximum atomic E-state index is 13.6. The molecule has 2 bridgehead atoms. The highest BCUT2D eigenvalue weighted by Crippen LogP contribution is 2.23. The largest absolute Gasteiger partial charge is 0.494 e. The number of hydrogen-bond acceptors (Lipinski definition) is 7. The quantitative estimate of drug-likeness (QED) is 0.373. The molecule has 11 heteroatoms. The predicted molar refractivity (Wildman–Crippen MR) is 160 cm³/mol. The first-order chi connectivity index (χ1) is 20.9. The van der Waals surface area contributed by atoms with E-state index in [4.69, 9.17) is 9.26 Å². The molecule has 2 aromatic heterocycles. The second-order valence-electron chi connectivity index (χ2n) is 10.9. The fourth-order valence-corrected chi connectivity index (χ4v) is 4.99. The van der Waals surface area contributed by atoms with Gasteiger partial charge in [0.15, 0.2) is 11.5 Å². The van der Waals surface area contributed by atoms with Gasteiger partial charge in [0.05, 0.1) is 13.2 Å². The summed E-state index contributed by atoms with van der Waals surface area (Å²) in [6.45, 7) is 5.12. The molecule has 1 aliphatic heterocycles. The first-order valence-corrected chi connectivity index (χ1v) is 14.5. The number of nitrogens with one attached hydrogen (secondary N) is 2. The van der Waals surface area contributed by atoms with Crippen LogP contribution in [-0.4, -0.2) is 69.6 Å². The molecule has 0 saturated carbocycles. The lowest BCUT2D eigenvalue weighted by atomic mass is 10.0. The Hall–Kier alpha value is -4.93. The van der Waals surface area contributed by atoms with Crippen molar-refractivity contribution in [2.24, 2.45) is 5.92 Å². The summed E-state index contributed by atoms with van der Waals surface area (Å²) < 4.78 is 13.4. The van der Waals surface area contributed by atoms with Gasteiger partial charge in [0.2, 0.25) is 11.8 Å². The molecule has 224 valence electrons. The Kier molecular flexibility index (Phi) is 9.50. The van der Waals surface area contributed by atoms with Gasteiger partial charge in [-0.25, -0.2) is 4.98 Å². The van der Waals surface area contributed by atoms with E-state index in [1.807, 2.05) is 79.2 Å². The number of hydrogen-bond donors (Lipinski definition) is 2. The standard InChI is InChI=1S/C32H36N6O5/c1-22(2)18-26-31(40)34-13-16-37-15-12-33-30(37)24-10-6-11-25(19-24)42-17-7-14-38(21-29(39)35-26)32(41)27-20-28(43-36-27)23-8-4-3-5-9-23/h3-6,8-12,15,19-20,22,26H,7,13-14,16-18,21H2,1-2H3,(H,34,40)(H,35,39)/t26-/m1/s1. The zero-order valence-electron chi connectivity index (χ0n) is 24.4. The van der Waals surface area contributed by atoms with Gasteiger partial charge >= 0.3 is 0 Å². The van der Waals surface area contributed by atoms with Gasteiger partial charge < -0.3 is 29.4 Å². The third kappa shape index (κ3) is 7.68. The lowest BCUT2D eigenvalue weighted by molar-refractivity contribution is -0.129. The summed E-state index contributed by atoms with van der Waals surface area (Å²) in [5.74, 6) is 0.865. The first kappa shape index (κ1) is 29.6. The van der Waals surface area contributed by atoms with Crippen LogP contribution in [0.15, 0.2) is 77.6 Å². The molecule has 0 fully saturated rings. The average molecular weight is 585 g/mol. The van der Waals surface area contributed by atoms with E-state index in [-0.39, 0.29) is 30.6 Å². The molecule has 1 atom stereocenters. The topological polar surface area (TPSA) is 132 Å². The maximum Gasteiger partial charge on any atom is 0.276 e. The summed E-state index contributed by atoms with van der Waals surface area (Å²) in [5.41, 5.74) is 1.76. The van der Waals surface area contributed by atoms with E-state index in [1.165, 1.54) is 4.90 Å². The summed E-state index contributed by atoms with van der Waals surface area (Å²) in [6.07, 6.45) is 4.49. The van der Waals surface area contributed by atoms with Crippen LogP contribution in [0.2, 0.25) is 0 Å². The van der Waals surface area contributed by atoms with Crippen molar-refractivity contribution in [2.45, 2.75) is 39.3 Å². The smallest absolute Gasteiger partial charge is 0.276 e. The Morgan fingerprint density at radius 2 is 1.86 bits per heavy atom. The van der Waals surface area contributed by atoms with Gasteiger partial charge in [0, 0.05) is 49.2 Å². The fourth-order valence-electron chi connectivity index (χ4n) is 4.99. The third-order valence-corrected chi connectivity index (χ3v) is 7.07. The maximum absolute atomic E-state index is 13.6. The van der Waals surface area contributed by atoms with Crippen LogP contribution in [0.4, 0.5) is 0 Å². The molecule has 2 N–H and O–H groups in total. The van der Waals surface area contributed by atoms with E-state index in [0.717, 1.165) is 17.0 Å². The van der Waals surface area contributed by atoms with E-state index < -0.39 is 17.9 Å². The highest BCUT2D eigenvalue weighted by molar-refractivity contribution is 5.96. The van der Waals surface area contributed by atoms with E-state index in [2.05, 4.69) is 20.8 Å². The SMILES string of the molecule is CC(C)C[C@H]1NC(=O)CN(C(=O)c2cc(-c3ccccc3)on2)CCCOc2cccc(c2)-c2nccn2CCNC1=O. The van der Waals surface area contributed by atoms with Crippen molar-refractivity contribution in [3.63, 3.8) is 0 Å². The first-order valence-electron chi connectivity index (χ1n) is 14.5. The van der Waals surface area contributed by atoms with Gasteiger partial charge in [-0.1, -0.05) is 61.5 Å². The molecule has 0 radical (unpaired) electrons. The second-order valence-corrected chi connectivity index (χ2v) is 10.9. The number of amides is 3. The molecule has 43 heavy (non-hydrogen) atoms. The van der Waals surface area contributed by atoms with Crippen molar-refractivity contribution in [2.75, 3.05) is 26.2 Å². The van der Waals surface area contributed by atoms with Crippen LogP contribution in [-0.2, 0) is 16.1 Å². The molecule has 4 aromatic rings. The Balaban J connectivity index is 1.38. The predicted octanol–water partition coefficient (Wildman–Crippen LogP) is 3.78. The highest BCUT2D eigenvalue weighted by atomic mass is 16.5. The molecule has 2 aromatic carbocycles. The number of carbonyl (C=O) groups is 3. The highest BCUT2D eigenvalue weighted by Gasteiger charge is 2.26. The van der Waals surface area contributed by atoms with E-state index in [9.17, 15) is 14.4 Å². The second kappa shape index (κ2) is 13.8. The van der Waals surface area contributed by atoms with Crippen LogP contribution in [0.25, 0.3) is 22.7 Å². The number of imidazole rings is 1. The molecule has 0 aliphatic carbocycles. The van der Waals surface area contributed by atoms with Gasteiger partial charge in [0.25, 0.3) is 5.91 Å². The van der Waals surface area contributed by atoms with Crippen molar-refractivity contribution >= 4 is 17.7 Å². The van der Waals surface area contributed by atoms with Crippen LogP contribution in [0, 0.1) is 5.92 Å². The molecule has 11 nitrogen and oxygen atoms in total. The number of aromatic nitrogens is 3. The third-order valence-electron chi connectivity index (χ3n) is 7.07. The summed E-state index contributed by atoms with van der Waals surface area (Å²) in [6, 6.07) is 17.8. The zero-order valence-corrected chi connectivity index (χ0v) is 24.4. The van der Waals surface area contributed by atoms with Gasteiger partial charge in [0.1, 0.15) is 17.6 Å². The number of fused-ring (bicyclic) bond motifs is 4. The number of carbonyl (C=O) groups excluding carboxylic acids is 3. The number of benzene rings is 2. The van der Waals surface area contributed by atoms with Crippen LogP contribution in [0.1, 0.15) is 37.2 Å². The molecule has 0 spiro atoms. The molecule has 0 unspecified atom stereocenters. The summed E-state index contributed by atoms with van der Waals surface area (Å²) in [4.78, 5) is 45.9. The van der Waals surface area contributed by atoms with Crippen molar-refractivity contribution in [3.05, 3.63) is 78.8 Å². The van der Waals surface area contributed by atoms with Crippen molar-refractivity contribution in [3.8, 4) is 28.5 Å². The van der Waals surface area contributed by atoms with E-state index in [1.54, 1.807) is 12.3 Å². The van der Waals surface area contributed by atoms with Gasteiger partial charge in [-0.3, -0.25) is 14.4 Å². The molecule has 0 saturated heterocycles. The van der Waals surface area contributed by atoms with Crippen LogP contribution >= 0.6 is 0 Å². The molecular formula is C32H36N6O5. The molecule has 3 heterocycles. The van der Waals surface area contributed by atoms with Crippen molar-refractivity contribution in [1.29, 1.82) is 0 Å². The van der Waals surface area contributed by atoms with Gasteiger partial charge in [-0.2, -0.15) is 0 Å². The Bertz CT molecular complexity index is 1550. The lowest BCUT2D eigenvalue weighted by Crippen LogP contribution is -2.51. The van der Waals surface area contributed by atoms with Crippen molar-refractivity contribution < 1.29 is 23.6 Å². The lowest BCUT2D eigenvalue weighted by Gasteiger charge is -2.24. The number of rotatable bonds is 4. The fraction of sp³-hybridized carbons (Fsp3) is 0.344. The molecular weight excluding hydrogens is 548 g/mol. The molecule has 5 rings (SSSR count). The zero-order chi connectivity index (χ0) is 30.2. The van der Waals surface area contributed by atoms with Crippen LogP contribution < -0.4 is 15.4 Å². The Morgan fingerprint density at radius 1 is 1.05 bits per heavy atom. The minimum Gasteiger partial charge on any atom is -0.494 e. The van der Waals surface area contributed by atoms with Gasteiger partial charge in [-0.15, -0.1) is 0 Å². The average Bonchev–Trinajstić information content (AvgIpc) is 3.68. The summed E-state index contributed by atoms with van der Waals surface area (Å²) in [5, 5.41) is 9.79. The normalized spacial score (nSPS) is 16.8. The van der Waals surface area contributed by atoms with E-state index in [0.29, 0.717) is 44.0 Å². The van der Waals surface area contributed by atoms with Crippen LogP contribution in [0.5, 0.6) is 5.75 Å². The van der Waals surface area contributed by atoms with Crippen LogP contribution in [0.3, 0.4) is 0 Å². The summed E-state index contributed by atoms with van der Waals surface area (Å²) in [7, 11) is 0. The number of ether oxygens (including phenoxy) is 1. The minimum absolute atomic E-state index is 0.0920. The minimum atomic E-state index is -0.748. The number of nitrogens with zero attached hydrogens (tertiary/aromatic N) is 4. The van der Waals surface area contributed by atoms with E-state index >= 15 is 0 Å². The molecule has 3 amide bonds. The summed E-state index contributed by atoms with van der Waals surface area (Å²) >= 11 is 0. The van der Waals surface area contributed by atoms with Gasteiger partial charge in [-0.05, 0) is 30.9 Å². The monoisotopic (exact) mass is 584 g/mol. The van der Waals surface area contributed by atoms with Crippen molar-refractivity contribution in [1.82, 2.24) is 30.2 Å². The Morgan fingerprint density at radius 3 is 2.67 bits per heavy atom. The Labute approximate surface area is 250 Å². The molecule has 1 aliphatic rings.